The maximum atomic E-state index is 6.78. The summed E-state index contributed by atoms with van der Waals surface area (Å²) in [6.07, 6.45) is 1.97. The molecule has 0 saturated carbocycles. The minimum absolute atomic E-state index is 0.0329. The Balaban J connectivity index is 1.21. The van der Waals surface area contributed by atoms with Crippen LogP contribution in [-0.4, -0.2) is 11.7 Å². The van der Waals surface area contributed by atoms with Gasteiger partial charge >= 0.3 is 0 Å². The lowest BCUT2D eigenvalue weighted by Gasteiger charge is -2.34. The Bertz CT molecular complexity index is 2280. The van der Waals surface area contributed by atoms with Crippen LogP contribution in [0.5, 0.6) is 11.5 Å². The lowest BCUT2D eigenvalue weighted by atomic mass is 9.34. The molecule has 0 amide bonds. The van der Waals surface area contributed by atoms with Crippen LogP contribution in [0.15, 0.2) is 138 Å². The third-order valence-corrected chi connectivity index (χ3v) is 9.50. The number of fused-ring (bicyclic) bond motifs is 4. The number of para-hydroxylation sites is 2. The summed E-state index contributed by atoms with van der Waals surface area (Å²) in [7, 11) is 0. The molecule has 0 unspecified atom stereocenters. The molecule has 48 heavy (non-hydrogen) atoms. The maximum absolute atomic E-state index is 6.78. The quantitative estimate of drug-likeness (QED) is 0.179. The first kappa shape index (κ1) is 29.8. The number of pyridine rings is 1. The van der Waals surface area contributed by atoms with Gasteiger partial charge in [-0.25, -0.2) is 0 Å². The van der Waals surface area contributed by atoms with E-state index in [2.05, 4.69) is 137 Å². The molecule has 7 aromatic rings. The number of hydrogen-bond donors (Lipinski definition) is 0. The summed E-state index contributed by atoms with van der Waals surface area (Å²) in [5.41, 5.74) is 12.5. The van der Waals surface area contributed by atoms with Crippen molar-refractivity contribution in [2.24, 2.45) is 0 Å². The molecule has 8 rings (SSSR count). The minimum Gasteiger partial charge on any atom is -0.457 e. The van der Waals surface area contributed by atoms with Crippen LogP contribution in [0, 0.1) is 13.8 Å². The molecule has 0 bridgehead atoms. The van der Waals surface area contributed by atoms with Crippen molar-refractivity contribution in [3.8, 4) is 22.8 Å². The van der Waals surface area contributed by atoms with Gasteiger partial charge in [-0.3, -0.25) is 9.88 Å². The Morgan fingerprint density at radius 3 is 2.17 bits per heavy atom. The van der Waals surface area contributed by atoms with Crippen molar-refractivity contribution in [2.75, 3.05) is 4.90 Å². The predicted octanol–water partition coefficient (Wildman–Crippen LogP) is 9.50. The summed E-state index contributed by atoms with van der Waals surface area (Å²) in [4.78, 5) is 7.01. The lowest BCUT2D eigenvalue weighted by molar-refractivity contribution is 0.483. The van der Waals surface area contributed by atoms with Crippen LogP contribution < -0.4 is 26.0 Å². The molecule has 3 heterocycles. The fourth-order valence-corrected chi connectivity index (χ4v) is 7.09. The summed E-state index contributed by atoms with van der Waals surface area (Å²) in [5.74, 6) is 2.34. The highest BCUT2D eigenvalue weighted by atomic mass is 16.5. The number of aryl methyl sites for hydroxylation is 2. The maximum Gasteiger partial charge on any atom is 0.252 e. The van der Waals surface area contributed by atoms with Gasteiger partial charge in [-0.2, -0.15) is 0 Å². The highest BCUT2D eigenvalue weighted by Gasteiger charge is 2.40. The van der Waals surface area contributed by atoms with Crippen molar-refractivity contribution < 1.29 is 9.15 Å². The third-order valence-electron chi connectivity index (χ3n) is 9.50. The molecular formula is C43H37BN2O2. The van der Waals surface area contributed by atoms with Crippen LogP contribution in [0.2, 0.25) is 0 Å². The van der Waals surface area contributed by atoms with Gasteiger partial charge in [0.05, 0.1) is 11.4 Å². The third kappa shape index (κ3) is 5.16. The predicted molar refractivity (Wildman–Crippen MR) is 200 cm³/mol. The normalized spacial score (nSPS) is 12.6. The summed E-state index contributed by atoms with van der Waals surface area (Å²) >= 11 is 0. The Morgan fingerprint density at radius 1 is 0.688 bits per heavy atom. The molecule has 5 heteroatoms. The van der Waals surface area contributed by atoms with Crippen molar-refractivity contribution in [1.82, 2.24) is 4.98 Å². The van der Waals surface area contributed by atoms with E-state index in [0.717, 1.165) is 51.0 Å². The minimum atomic E-state index is 0.0329. The second kappa shape index (κ2) is 11.6. The average molecular weight is 625 g/mol. The number of ether oxygens (including phenoxy) is 1. The Labute approximate surface area is 282 Å². The first-order valence-corrected chi connectivity index (χ1v) is 16.6. The van der Waals surface area contributed by atoms with Gasteiger partial charge in [-0.1, -0.05) is 116 Å². The molecule has 0 aliphatic carbocycles. The van der Waals surface area contributed by atoms with E-state index in [1.165, 1.54) is 33.1 Å². The highest BCUT2D eigenvalue weighted by Crippen LogP contribution is 2.41. The first-order chi connectivity index (χ1) is 23.3. The van der Waals surface area contributed by atoms with E-state index in [0.29, 0.717) is 0 Å². The molecule has 1 aliphatic heterocycles. The van der Waals surface area contributed by atoms with E-state index in [9.17, 15) is 0 Å². The largest absolute Gasteiger partial charge is 0.457 e. The van der Waals surface area contributed by atoms with Gasteiger partial charge in [0.2, 0.25) is 5.88 Å². The number of rotatable bonds is 5. The topological polar surface area (TPSA) is 38.5 Å². The smallest absolute Gasteiger partial charge is 0.252 e. The molecule has 0 fully saturated rings. The van der Waals surface area contributed by atoms with Crippen molar-refractivity contribution in [2.45, 2.75) is 40.0 Å². The molecular weight excluding hydrogens is 587 g/mol. The summed E-state index contributed by atoms with van der Waals surface area (Å²) < 4.78 is 13.3. The van der Waals surface area contributed by atoms with Crippen LogP contribution in [0.3, 0.4) is 0 Å². The number of aromatic nitrogens is 1. The molecule has 4 nitrogen and oxygen atoms in total. The van der Waals surface area contributed by atoms with Crippen LogP contribution in [0.1, 0.15) is 37.5 Å². The zero-order valence-electron chi connectivity index (χ0n) is 28.0. The zero-order valence-corrected chi connectivity index (χ0v) is 28.0. The van der Waals surface area contributed by atoms with Gasteiger partial charge in [-0.05, 0) is 72.8 Å². The van der Waals surface area contributed by atoms with Gasteiger partial charge in [0, 0.05) is 34.4 Å². The Hall–Kier alpha value is -5.55. The Morgan fingerprint density at radius 2 is 1.40 bits per heavy atom. The SMILES string of the molecule is Cc1cccc(C)c1B1c2ccccc2N(c2cccc(Oc3cccc(-c4ccc(C(C)(C)C)cn4)c3)c2)c2oc3ccccc3c21. The summed E-state index contributed by atoms with van der Waals surface area (Å²) in [6.45, 7) is 11.1. The van der Waals surface area contributed by atoms with Gasteiger partial charge in [0.15, 0.2) is 0 Å². The first-order valence-electron chi connectivity index (χ1n) is 16.6. The van der Waals surface area contributed by atoms with Crippen LogP contribution >= 0.6 is 0 Å². The molecule has 0 saturated heterocycles. The molecule has 0 N–H and O–H groups in total. The zero-order chi connectivity index (χ0) is 33.0. The van der Waals surface area contributed by atoms with Crippen LogP contribution in [-0.2, 0) is 5.41 Å². The van der Waals surface area contributed by atoms with Crippen molar-refractivity contribution in [3.05, 3.63) is 150 Å². The summed E-state index contributed by atoms with van der Waals surface area (Å²) in [5, 5.41) is 1.13. The number of hydrogen-bond acceptors (Lipinski definition) is 4. The number of nitrogens with zero attached hydrogens (tertiary/aromatic N) is 2. The van der Waals surface area contributed by atoms with Gasteiger partial charge in [-0.15, -0.1) is 0 Å². The van der Waals surface area contributed by atoms with Gasteiger partial charge in [0.25, 0.3) is 6.71 Å². The van der Waals surface area contributed by atoms with E-state index in [-0.39, 0.29) is 12.1 Å². The van der Waals surface area contributed by atoms with E-state index in [4.69, 9.17) is 14.1 Å². The molecule has 0 radical (unpaired) electrons. The molecule has 234 valence electrons. The van der Waals surface area contributed by atoms with Crippen molar-refractivity contribution >= 4 is 51.3 Å². The van der Waals surface area contributed by atoms with E-state index >= 15 is 0 Å². The van der Waals surface area contributed by atoms with Crippen LogP contribution in [0.25, 0.3) is 22.2 Å². The second-order valence-corrected chi connectivity index (χ2v) is 13.8. The lowest BCUT2D eigenvalue weighted by Crippen LogP contribution is -2.58. The van der Waals surface area contributed by atoms with Crippen molar-refractivity contribution in [1.29, 1.82) is 0 Å². The highest BCUT2D eigenvalue weighted by molar-refractivity contribution is 6.99. The van der Waals surface area contributed by atoms with Crippen LogP contribution in [0.4, 0.5) is 17.3 Å². The molecule has 1 aliphatic rings. The fourth-order valence-electron chi connectivity index (χ4n) is 7.09. The fraction of sp³-hybridized carbons (Fsp3) is 0.140. The number of furan rings is 1. The molecule has 0 atom stereocenters. The molecule has 5 aromatic carbocycles. The number of benzene rings is 5. The summed E-state index contributed by atoms with van der Waals surface area (Å²) in [6, 6.07) is 44.3. The van der Waals surface area contributed by atoms with Gasteiger partial charge in [0.1, 0.15) is 17.1 Å². The average Bonchev–Trinajstić information content (AvgIpc) is 3.47. The second-order valence-electron chi connectivity index (χ2n) is 13.8. The molecule has 0 spiro atoms. The monoisotopic (exact) mass is 624 g/mol. The van der Waals surface area contributed by atoms with E-state index in [1.54, 1.807) is 0 Å². The standard InChI is InChI=1S/C43H37BN2O2/c1-28-13-10-14-29(2)40(28)44-36-20-7-8-21-38(36)46(42-41(44)35-19-6-9-22-39(35)48-42)32-16-12-18-34(26-32)47-33-17-11-15-30(25-33)37-24-23-31(27-45-37)43(3,4)5/h6-27H,1-5H3. The Kier molecular flexibility index (Phi) is 7.21. The van der Waals surface area contributed by atoms with E-state index in [1.807, 2.05) is 36.5 Å². The van der Waals surface area contributed by atoms with E-state index < -0.39 is 0 Å². The molecule has 2 aromatic heterocycles. The number of anilines is 3. The van der Waals surface area contributed by atoms with Crippen molar-refractivity contribution in [3.63, 3.8) is 0 Å². The van der Waals surface area contributed by atoms with Gasteiger partial charge < -0.3 is 9.15 Å².